The molecule has 1 aliphatic rings. The molecule has 0 aromatic heterocycles. The van der Waals surface area contributed by atoms with Gasteiger partial charge in [0.25, 0.3) is 0 Å². The second kappa shape index (κ2) is 5.69. The van der Waals surface area contributed by atoms with Gasteiger partial charge in [-0.1, -0.05) is 13.3 Å². The third-order valence-electron chi connectivity index (χ3n) is 3.11. The van der Waals surface area contributed by atoms with Gasteiger partial charge in [-0.05, 0) is 6.42 Å². The van der Waals surface area contributed by atoms with Gasteiger partial charge in [-0.3, -0.25) is 0 Å². The number of fused-ring (bicyclic) bond motifs is 1. The first-order valence-electron chi connectivity index (χ1n) is 6.26. The topological polar surface area (TPSA) is 79.7 Å². The average Bonchev–Trinajstić information content (AvgIpc) is 2.42. The number of nitrogen functional groups attached to an aromatic ring is 2. The Kier molecular flexibility index (Phi) is 4.19. The van der Waals surface area contributed by atoms with E-state index in [0.717, 1.165) is 23.5 Å². The van der Waals surface area contributed by atoms with E-state index in [-0.39, 0.29) is 6.10 Å². The van der Waals surface area contributed by atoms with Crippen LogP contribution < -0.4 is 25.7 Å². The lowest BCUT2D eigenvalue weighted by molar-refractivity contribution is 0.204. The molecule has 5 nitrogen and oxygen atoms in total. The Hall–Kier alpha value is -1.43. The van der Waals surface area contributed by atoms with Crippen LogP contribution in [-0.4, -0.2) is 26.1 Å². The zero-order valence-electron chi connectivity index (χ0n) is 11.5. The summed E-state index contributed by atoms with van der Waals surface area (Å²) in [6, 6.07) is 0. The Morgan fingerprint density at radius 2 is 1.84 bits per heavy atom. The molecule has 1 aliphatic heterocycles. The molecule has 0 amide bonds. The fourth-order valence-corrected chi connectivity index (χ4v) is 3.33. The molecular weight excluding hydrogens is 264 g/mol. The maximum absolute atomic E-state index is 6.12. The molecule has 1 unspecified atom stereocenters. The van der Waals surface area contributed by atoms with Gasteiger partial charge in [0.2, 0.25) is 0 Å². The van der Waals surface area contributed by atoms with Crippen molar-refractivity contribution in [2.75, 3.05) is 31.4 Å². The number of anilines is 2. The van der Waals surface area contributed by atoms with Crippen molar-refractivity contribution in [2.45, 2.75) is 30.8 Å². The molecule has 4 N–H and O–H groups in total. The van der Waals surface area contributed by atoms with Gasteiger partial charge >= 0.3 is 0 Å². The molecule has 0 aliphatic carbocycles. The van der Waals surface area contributed by atoms with Crippen LogP contribution in [0.1, 0.15) is 19.8 Å². The summed E-state index contributed by atoms with van der Waals surface area (Å²) in [6.45, 7) is 2.13. The van der Waals surface area contributed by atoms with E-state index in [1.165, 1.54) is 0 Å². The van der Waals surface area contributed by atoms with Gasteiger partial charge in [0, 0.05) is 5.75 Å². The Balaban J connectivity index is 2.49. The van der Waals surface area contributed by atoms with Crippen LogP contribution in [0.3, 0.4) is 0 Å². The lowest BCUT2D eigenvalue weighted by atomic mass is 10.2. The number of benzene rings is 1. The smallest absolute Gasteiger partial charge is 0.189 e. The molecule has 2 rings (SSSR count). The fraction of sp³-hybridized carbons (Fsp3) is 0.538. The highest BCUT2D eigenvalue weighted by Crippen LogP contribution is 2.54. The van der Waals surface area contributed by atoms with Crippen molar-refractivity contribution in [3.63, 3.8) is 0 Å². The van der Waals surface area contributed by atoms with Gasteiger partial charge in [-0.15, -0.1) is 11.8 Å². The minimum absolute atomic E-state index is 0.169. The summed E-state index contributed by atoms with van der Waals surface area (Å²) < 4.78 is 16.5. The Morgan fingerprint density at radius 1 is 1.21 bits per heavy atom. The van der Waals surface area contributed by atoms with Gasteiger partial charge in [-0.2, -0.15) is 0 Å². The highest BCUT2D eigenvalue weighted by molar-refractivity contribution is 7.99. The number of nitrogens with two attached hydrogens (primary N) is 2. The van der Waals surface area contributed by atoms with E-state index in [1.54, 1.807) is 26.0 Å². The molecule has 6 heteroatoms. The molecule has 19 heavy (non-hydrogen) atoms. The number of methoxy groups -OCH3 is 2. The van der Waals surface area contributed by atoms with Crippen LogP contribution in [0.15, 0.2) is 4.90 Å². The summed E-state index contributed by atoms with van der Waals surface area (Å²) in [7, 11) is 3.09. The molecule has 1 aromatic rings. The van der Waals surface area contributed by atoms with Crippen molar-refractivity contribution in [1.29, 1.82) is 0 Å². The lowest BCUT2D eigenvalue weighted by Crippen LogP contribution is -2.24. The number of thioether (sulfide) groups is 1. The lowest BCUT2D eigenvalue weighted by Gasteiger charge is -2.29. The summed E-state index contributed by atoms with van der Waals surface area (Å²) in [6.07, 6.45) is 2.24. The summed E-state index contributed by atoms with van der Waals surface area (Å²) in [5.74, 6) is 2.42. The van der Waals surface area contributed by atoms with E-state index >= 15 is 0 Å². The van der Waals surface area contributed by atoms with Crippen molar-refractivity contribution in [1.82, 2.24) is 0 Å². The maximum Gasteiger partial charge on any atom is 0.189 e. The zero-order valence-corrected chi connectivity index (χ0v) is 12.3. The highest BCUT2D eigenvalue weighted by atomic mass is 32.2. The zero-order chi connectivity index (χ0) is 14.0. The number of rotatable bonds is 4. The molecule has 0 spiro atoms. The summed E-state index contributed by atoms with van der Waals surface area (Å²) >= 11 is 1.66. The minimum Gasteiger partial charge on any atom is -0.491 e. The molecule has 1 aromatic carbocycles. The third kappa shape index (κ3) is 2.36. The van der Waals surface area contributed by atoms with Crippen molar-refractivity contribution in [3.05, 3.63) is 0 Å². The van der Waals surface area contributed by atoms with Crippen LogP contribution >= 0.6 is 11.8 Å². The number of hydrogen-bond acceptors (Lipinski definition) is 6. The van der Waals surface area contributed by atoms with Crippen LogP contribution in [0.5, 0.6) is 17.2 Å². The van der Waals surface area contributed by atoms with E-state index in [4.69, 9.17) is 25.7 Å². The number of hydrogen-bond donors (Lipinski definition) is 2. The van der Waals surface area contributed by atoms with Crippen LogP contribution in [0.2, 0.25) is 0 Å². The van der Waals surface area contributed by atoms with Crippen LogP contribution in [0.25, 0.3) is 0 Å². The molecular formula is C13H20N2O3S. The molecule has 0 fully saturated rings. The summed E-state index contributed by atoms with van der Waals surface area (Å²) in [5, 5.41) is 0. The van der Waals surface area contributed by atoms with E-state index in [2.05, 4.69) is 6.92 Å². The van der Waals surface area contributed by atoms with Gasteiger partial charge < -0.3 is 25.7 Å². The Morgan fingerprint density at radius 3 is 2.42 bits per heavy atom. The van der Waals surface area contributed by atoms with Gasteiger partial charge in [-0.25, -0.2) is 0 Å². The SMILES string of the molecule is CCCC1CSc2c(N)c(OC)c(OC)c(N)c2O1. The second-order valence-electron chi connectivity index (χ2n) is 4.39. The second-order valence-corrected chi connectivity index (χ2v) is 5.42. The van der Waals surface area contributed by atoms with E-state index in [9.17, 15) is 0 Å². The first-order valence-corrected chi connectivity index (χ1v) is 7.24. The van der Waals surface area contributed by atoms with E-state index in [1.807, 2.05) is 0 Å². The van der Waals surface area contributed by atoms with Crippen LogP contribution in [-0.2, 0) is 0 Å². The largest absolute Gasteiger partial charge is 0.491 e. The van der Waals surface area contributed by atoms with Crippen molar-refractivity contribution in [3.8, 4) is 17.2 Å². The van der Waals surface area contributed by atoms with E-state index < -0.39 is 0 Å². The quantitative estimate of drug-likeness (QED) is 0.827. The summed E-state index contributed by atoms with van der Waals surface area (Å²) in [4.78, 5) is 0.850. The van der Waals surface area contributed by atoms with Crippen LogP contribution in [0, 0.1) is 0 Å². The fourth-order valence-electron chi connectivity index (χ4n) is 2.20. The van der Waals surface area contributed by atoms with Crippen LogP contribution in [0.4, 0.5) is 11.4 Å². The Labute approximate surface area is 117 Å². The minimum atomic E-state index is 0.169. The number of ether oxygens (including phenoxy) is 3. The third-order valence-corrected chi connectivity index (χ3v) is 4.34. The molecule has 1 heterocycles. The standard InChI is InChI=1S/C13H20N2O3S/c1-4-5-7-6-19-13-9(15)11(17-3)10(16-2)8(14)12(13)18-7/h7H,4-6,14-15H2,1-3H3. The average molecular weight is 284 g/mol. The summed E-state index contributed by atoms with van der Waals surface area (Å²) in [5.41, 5.74) is 13.2. The highest BCUT2D eigenvalue weighted by Gasteiger charge is 2.29. The first kappa shape index (κ1) is 14.0. The molecule has 0 saturated heterocycles. The normalized spacial score (nSPS) is 17.5. The molecule has 0 radical (unpaired) electrons. The molecule has 0 bridgehead atoms. The molecule has 106 valence electrons. The maximum atomic E-state index is 6.12. The van der Waals surface area contributed by atoms with Crippen molar-refractivity contribution in [2.24, 2.45) is 0 Å². The first-order chi connectivity index (χ1) is 9.13. The van der Waals surface area contributed by atoms with E-state index in [0.29, 0.717) is 28.6 Å². The predicted octanol–water partition coefficient (Wildman–Crippen LogP) is 2.52. The Bertz CT molecular complexity index is 480. The molecule has 0 saturated carbocycles. The van der Waals surface area contributed by atoms with Gasteiger partial charge in [0.1, 0.15) is 11.8 Å². The van der Waals surface area contributed by atoms with Gasteiger partial charge in [0.05, 0.1) is 24.8 Å². The van der Waals surface area contributed by atoms with Crippen molar-refractivity contribution >= 4 is 23.1 Å². The van der Waals surface area contributed by atoms with Gasteiger partial charge in [0.15, 0.2) is 17.2 Å². The molecule has 1 atom stereocenters. The van der Waals surface area contributed by atoms with Crippen molar-refractivity contribution < 1.29 is 14.2 Å². The monoisotopic (exact) mass is 284 g/mol. The predicted molar refractivity (Wildman–Crippen MR) is 78.4 cm³/mol.